The molecule has 0 aliphatic heterocycles. The van der Waals surface area contributed by atoms with E-state index in [-0.39, 0.29) is 0 Å². The molecule has 0 aliphatic rings. The third-order valence-electron chi connectivity index (χ3n) is 2.99. The molecule has 122 valence electrons. The Balaban J connectivity index is 3.10. The lowest BCUT2D eigenvalue weighted by atomic mass is 10.1. The first-order chi connectivity index (χ1) is 10.2. The maximum Gasteiger partial charge on any atom is 0.410 e. The van der Waals surface area contributed by atoms with E-state index in [9.17, 15) is 9.59 Å². The van der Waals surface area contributed by atoms with Gasteiger partial charge in [-0.2, -0.15) is 0 Å². The predicted molar refractivity (Wildman–Crippen MR) is 82.3 cm³/mol. The Kier molecular flexibility index (Phi) is 5.79. The van der Waals surface area contributed by atoms with Crippen molar-refractivity contribution in [1.82, 2.24) is 4.90 Å². The summed E-state index contributed by atoms with van der Waals surface area (Å²) in [4.78, 5) is 24.9. The lowest BCUT2D eigenvalue weighted by molar-refractivity contribution is -0.112. The van der Waals surface area contributed by atoms with Gasteiger partial charge in [0.15, 0.2) is 0 Å². The molecule has 0 aromatic heterocycles. The topological polar surface area (TPSA) is 65.1 Å². The van der Waals surface area contributed by atoms with Gasteiger partial charge in [-0.15, -0.1) is 0 Å². The molecule has 6 nitrogen and oxygen atoms in total. The van der Waals surface area contributed by atoms with Crippen molar-refractivity contribution >= 4 is 12.4 Å². The van der Waals surface area contributed by atoms with E-state index in [1.165, 1.54) is 19.1 Å². The average Bonchev–Trinajstić information content (AvgIpc) is 2.46. The fourth-order valence-electron chi connectivity index (χ4n) is 1.88. The van der Waals surface area contributed by atoms with Gasteiger partial charge >= 0.3 is 6.09 Å². The third kappa shape index (κ3) is 4.38. The van der Waals surface area contributed by atoms with Gasteiger partial charge in [-0.3, -0.25) is 4.90 Å². The molecule has 1 aromatic carbocycles. The van der Waals surface area contributed by atoms with Gasteiger partial charge in [0.2, 0.25) is 0 Å². The third-order valence-corrected chi connectivity index (χ3v) is 2.99. The van der Waals surface area contributed by atoms with Crippen molar-refractivity contribution in [3.8, 4) is 11.5 Å². The highest BCUT2D eigenvalue weighted by Gasteiger charge is 2.28. The van der Waals surface area contributed by atoms with Crippen LogP contribution in [-0.4, -0.2) is 44.1 Å². The number of nitrogens with zero attached hydrogens (tertiary/aromatic N) is 1. The molecule has 1 aromatic rings. The van der Waals surface area contributed by atoms with Crippen LogP contribution >= 0.6 is 0 Å². The highest BCUT2D eigenvalue weighted by Crippen LogP contribution is 2.31. The van der Waals surface area contributed by atoms with Crippen molar-refractivity contribution in [3.63, 3.8) is 0 Å². The van der Waals surface area contributed by atoms with Crippen molar-refractivity contribution in [3.05, 3.63) is 23.8 Å². The van der Waals surface area contributed by atoms with Crippen LogP contribution < -0.4 is 9.47 Å². The summed E-state index contributed by atoms with van der Waals surface area (Å²) in [7, 11) is 4.54. The number of hydrogen-bond donors (Lipinski definition) is 0. The minimum atomic E-state index is -0.810. The second kappa shape index (κ2) is 7.15. The zero-order valence-corrected chi connectivity index (χ0v) is 13.9. The van der Waals surface area contributed by atoms with Crippen molar-refractivity contribution in [1.29, 1.82) is 0 Å². The Morgan fingerprint density at radius 1 is 1.23 bits per heavy atom. The van der Waals surface area contributed by atoms with Gasteiger partial charge in [0.05, 0.1) is 14.2 Å². The van der Waals surface area contributed by atoms with Crippen LogP contribution in [0, 0.1) is 0 Å². The zero-order valence-electron chi connectivity index (χ0n) is 13.9. The molecule has 1 atom stereocenters. The van der Waals surface area contributed by atoms with Crippen molar-refractivity contribution in [2.45, 2.75) is 32.4 Å². The Morgan fingerprint density at radius 3 is 2.32 bits per heavy atom. The van der Waals surface area contributed by atoms with Crippen LogP contribution in [0.15, 0.2) is 18.2 Å². The summed E-state index contributed by atoms with van der Waals surface area (Å²) >= 11 is 0. The summed E-state index contributed by atoms with van der Waals surface area (Å²) in [6, 6.07) is 4.25. The Morgan fingerprint density at radius 2 is 1.86 bits per heavy atom. The first kappa shape index (κ1) is 17.8. The fraction of sp³-hybridized carbons (Fsp3) is 0.500. The predicted octanol–water partition coefficient (Wildman–Crippen LogP) is 2.81. The maximum absolute atomic E-state index is 12.1. The summed E-state index contributed by atoms with van der Waals surface area (Å²) in [6.45, 7) is 5.30. The number of carbonyl (C=O) groups excluding carboxylic acids is 2. The molecule has 1 rings (SSSR count). The number of hydrogen-bond acceptors (Lipinski definition) is 5. The SMILES string of the molecule is COc1ccc(C(C=O)N(C)C(=O)OC(C)(C)C)c(OC)c1. The molecule has 0 N–H and O–H groups in total. The number of amides is 1. The maximum atomic E-state index is 12.1. The zero-order chi connectivity index (χ0) is 16.9. The Bertz CT molecular complexity index is 536. The van der Waals surface area contributed by atoms with Gasteiger partial charge in [-0.1, -0.05) is 0 Å². The van der Waals surface area contributed by atoms with Gasteiger partial charge in [-0.05, 0) is 32.9 Å². The first-order valence-electron chi connectivity index (χ1n) is 6.86. The van der Waals surface area contributed by atoms with Crippen LogP contribution in [0.1, 0.15) is 32.4 Å². The van der Waals surface area contributed by atoms with E-state index < -0.39 is 17.7 Å². The minimum absolute atomic E-state index is 0.465. The minimum Gasteiger partial charge on any atom is -0.497 e. The van der Waals surface area contributed by atoms with Crippen LogP contribution in [0.25, 0.3) is 0 Å². The van der Waals surface area contributed by atoms with Gasteiger partial charge in [0, 0.05) is 18.7 Å². The molecule has 0 radical (unpaired) electrons. The Labute approximate surface area is 131 Å². The average molecular weight is 309 g/mol. The van der Waals surface area contributed by atoms with Crippen LogP contribution in [0.2, 0.25) is 0 Å². The monoisotopic (exact) mass is 309 g/mol. The lowest BCUT2D eigenvalue weighted by Crippen LogP contribution is -2.37. The molecular weight excluding hydrogens is 286 g/mol. The van der Waals surface area contributed by atoms with E-state index in [4.69, 9.17) is 14.2 Å². The van der Waals surface area contributed by atoms with Gasteiger partial charge in [0.25, 0.3) is 0 Å². The molecule has 0 aliphatic carbocycles. The number of benzene rings is 1. The molecule has 1 unspecified atom stereocenters. The number of ether oxygens (including phenoxy) is 3. The second-order valence-electron chi connectivity index (χ2n) is 5.78. The van der Waals surface area contributed by atoms with E-state index in [1.54, 1.807) is 46.1 Å². The van der Waals surface area contributed by atoms with Crippen molar-refractivity contribution < 1.29 is 23.8 Å². The molecule has 22 heavy (non-hydrogen) atoms. The smallest absolute Gasteiger partial charge is 0.410 e. The van der Waals surface area contributed by atoms with Gasteiger partial charge in [0.1, 0.15) is 29.4 Å². The summed E-state index contributed by atoms with van der Waals surface area (Å²) in [6.07, 6.45) is 0.0938. The molecule has 6 heteroatoms. The summed E-state index contributed by atoms with van der Waals surface area (Å²) in [5, 5.41) is 0. The van der Waals surface area contributed by atoms with E-state index in [0.29, 0.717) is 23.3 Å². The number of rotatable bonds is 5. The quantitative estimate of drug-likeness (QED) is 0.783. The van der Waals surface area contributed by atoms with Crippen LogP contribution in [0.5, 0.6) is 11.5 Å². The molecule has 0 spiro atoms. The summed E-state index contributed by atoms with van der Waals surface area (Å²) < 4.78 is 15.7. The number of methoxy groups -OCH3 is 2. The van der Waals surface area contributed by atoms with Crippen LogP contribution in [-0.2, 0) is 9.53 Å². The molecule has 0 bridgehead atoms. The van der Waals surface area contributed by atoms with Crippen molar-refractivity contribution in [2.24, 2.45) is 0 Å². The standard InChI is InChI=1S/C16H23NO5/c1-16(2,3)22-15(19)17(4)13(10-18)12-8-7-11(20-5)9-14(12)21-6/h7-10,13H,1-6H3. The van der Waals surface area contributed by atoms with E-state index >= 15 is 0 Å². The number of likely N-dealkylation sites (N-methyl/N-ethyl adjacent to an activating group) is 1. The lowest BCUT2D eigenvalue weighted by Gasteiger charge is -2.28. The number of aldehydes is 1. The number of carbonyl (C=O) groups is 2. The van der Waals surface area contributed by atoms with Gasteiger partial charge in [-0.25, -0.2) is 4.79 Å². The van der Waals surface area contributed by atoms with Gasteiger partial charge < -0.3 is 19.0 Å². The Hall–Kier alpha value is -2.24. The normalized spacial score (nSPS) is 12.3. The summed E-state index contributed by atoms with van der Waals surface area (Å²) in [5.41, 5.74) is -0.0744. The molecule has 0 fully saturated rings. The molecule has 1 amide bonds. The van der Waals surface area contributed by atoms with Crippen LogP contribution in [0.3, 0.4) is 0 Å². The highest BCUT2D eigenvalue weighted by atomic mass is 16.6. The molecule has 0 saturated carbocycles. The molecule has 0 heterocycles. The molecule has 0 saturated heterocycles. The van der Waals surface area contributed by atoms with E-state index in [0.717, 1.165) is 0 Å². The second-order valence-corrected chi connectivity index (χ2v) is 5.78. The van der Waals surface area contributed by atoms with Crippen molar-refractivity contribution in [2.75, 3.05) is 21.3 Å². The summed E-state index contributed by atoms with van der Waals surface area (Å²) in [5.74, 6) is 1.07. The fourth-order valence-corrected chi connectivity index (χ4v) is 1.88. The van der Waals surface area contributed by atoms with E-state index in [1.807, 2.05) is 0 Å². The van der Waals surface area contributed by atoms with E-state index in [2.05, 4.69) is 0 Å². The van der Waals surface area contributed by atoms with Crippen LogP contribution in [0.4, 0.5) is 4.79 Å². The molecular formula is C16H23NO5. The first-order valence-corrected chi connectivity index (χ1v) is 6.86. The highest BCUT2D eigenvalue weighted by molar-refractivity contribution is 5.75. The largest absolute Gasteiger partial charge is 0.497 e.